The fourth-order valence-electron chi connectivity index (χ4n) is 1.78. The summed E-state index contributed by atoms with van der Waals surface area (Å²) < 4.78 is 0. The van der Waals surface area contributed by atoms with E-state index in [0.29, 0.717) is 0 Å². The van der Waals surface area contributed by atoms with Crippen molar-refractivity contribution in [2.45, 2.75) is 19.8 Å². The van der Waals surface area contributed by atoms with Crippen LogP contribution in [0, 0.1) is 5.92 Å². The Labute approximate surface area is 107 Å². The molecule has 1 unspecified atom stereocenters. The molecule has 0 bridgehead atoms. The van der Waals surface area contributed by atoms with E-state index >= 15 is 0 Å². The van der Waals surface area contributed by atoms with Gasteiger partial charge in [-0.3, -0.25) is 4.98 Å². The minimum absolute atomic E-state index is 0.786. The first kappa shape index (κ1) is 12.5. The van der Waals surface area contributed by atoms with Crippen molar-refractivity contribution in [1.29, 1.82) is 0 Å². The molecule has 17 heavy (non-hydrogen) atoms. The zero-order valence-electron chi connectivity index (χ0n) is 10.3. The van der Waals surface area contributed by atoms with Crippen molar-refractivity contribution in [3.63, 3.8) is 0 Å². The van der Waals surface area contributed by atoms with Gasteiger partial charge in [0, 0.05) is 13.1 Å². The van der Waals surface area contributed by atoms with Crippen molar-refractivity contribution < 1.29 is 0 Å². The number of nitrogens with one attached hydrogen (secondary N) is 2. The minimum atomic E-state index is 0.786. The van der Waals surface area contributed by atoms with E-state index in [9.17, 15) is 0 Å². The van der Waals surface area contributed by atoms with Crippen LogP contribution in [-0.2, 0) is 0 Å². The molecule has 1 fully saturated rings. The molecule has 1 aromatic heterocycles. The predicted octanol–water partition coefficient (Wildman–Crippen LogP) is 2.46. The van der Waals surface area contributed by atoms with Crippen LogP contribution in [0.1, 0.15) is 19.8 Å². The maximum Gasteiger partial charge on any atom is 0.146 e. The Balaban J connectivity index is 1.82. The molecule has 0 aliphatic carbocycles. The van der Waals surface area contributed by atoms with Gasteiger partial charge in [0.2, 0.25) is 0 Å². The minimum Gasteiger partial charge on any atom is -0.369 e. The molecule has 0 radical (unpaired) electrons. The first-order chi connectivity index (χ1) is 8.38. The van der Waals surface area contributed by atoms with Gasteiger partial charge in [-0.1, -0.05) is 6.92 Å². The lowest BCUT2D eigenvalue weighted by molar-refractivity contribution is 0.630. The Kier molecular flexibility index (Phi) is 4.91. The third-order valence-corrected chi connectivity index (χ3v) is 4.02. The van der Waals surface area contributed by atoms with Crippen LogP contribution in [0.15, 0.2) is 12.4 Å². The van der Waals surface area contributed by atoms with E-state index in [1.165, 1.54) is 17.9 Å². The van der Waals surface area contributed by atoms with Crippen molar-refractivity contribution >= 4 is 23.4 Å². The second-order valence-corrected chi connectivity index (χ2v) is 5.48. The molecule has 0 amide bonds. The van der Waals surface area contributed by atoms with E-state index < -0.39 is 0 Å². The van der Waals surface area contributed by atoms with Gasteiger partial charge in [-0.15, -0.1) is 0 Å². The van der Waals surface area contributed by atoms with E-state index in [-0.39, 0.29) is 0 Å². The average molecular weight is 252 g/mol. The molecule has 1 saturated heterocycles. The maximum atomic E-state index is 4.48. The quantitative estimate of drug-likeness (QED) is 0.814. The topological polar surface area (TPSA) is 49.8 Å². The lowest BCUT2D eigenvalue weighted by Crippen LogP contribution is -2.15. The van der Waals surface area contributed by atoms with Gasteiger partial charge >= 0.3 is 0 Å². The molecule has 1 atom stereocenters. The van der Waals surface area contributed by atoms with E-state index in [2.05, 4.69) is 27.5 Å². The fraction of sp³-hybridized carbons (Fsp3) is 0.667. The number of rotatable bonds is 6. The second-order valence-electron chi connectivity index (χ2n) is 4.33. The first-order valence-corrected chi connectivity index (χ1v) is 7.41. The van der Waals surface area contributed by atoms with Gasteiger partial charge < -0.3 is 10.6 Å². The SMILES string of the molecule is CCCNc1cncc(NCC2CCSC2)n1. The molecule has 1 aromatic rings. The van der Waals surface area contributed by atoms with Crippen molar-refractivity contribution in [2.75, 3.05) is 35.2 Å². The van der Waals surface area contributed by atoms with Crippen LogP contribution in [0.5, 0.6) is 0 Å². The smallest absolute Gasteiger partial charge is 0.146 e. The highest BCUT2D eigenvalue weighted by atomic mass is 32.2. The molecule has 2 N–H and O–H groups in total. The van der Waals surface area contributed by atoms with Crippen LogP contribution < -0.4 is 10.6 Å². The molecular formula is C12H20N4S. The van der Waals surface area contributed by atoms with Crippen LogP contribution in [-0.4, -0.2) is 34.6 Å². The van der Waals surface area contributed by atoms with Crippen molar-refractivity contribution in [1.82, 2.24) is 9.97 Å². The monoisotopic (exact) mass is 252 g/mol. The molecule has 1 aliphatic heterocycles. The molecule has 4 nitrogen and oxygen atoms in total. The van der Waals surface area contributed by atoms with Gasteiger partial charge in [-0.25, -0.2) is 4.98 Å². The highest BCUT2D eigenvalue weighted by Crippen LogP contribution is 2.23. The van der Waals surface area contributed by atoms with E-state index in [0.717, 1.165) is 37.1 Å². The highest BCUT2D eigenvalue weighted by molar-refractivity contribution is 7.99. The van der Waals surface area contributed by atoms with Crippen molar-refractivity contribution in [2.24, 2.45) is 5.92 Å². The van der Waals surface area contributed by atoms with Gasteiger partial charge in [-0.05, 0) is 30.3 Å². The largest absolute Gasteiger partial charge is 0.369 e. The van der Waals surface area contributed by atoms with Gasteiger partial charge in [0.15, 0.2) is 0 Å². The van der Waals surface area contributed by atoms with Crippen LogP contribution in [0.4, 0.5) is 11.6 Å². The Bertz CT molecular complexity index is 339. The molecule has 0 saturated carbocycles. The lowest BCUT2D eigenvalue weighted by atomic mass is 10.1. The van der Waals surface area contributed by atoms with Gasteiger partial charge in [0.25, 0.3) is 0 Å². The third kappa shape index (κ3) is 4.07. The molecule has 5 heteroatoms. The predicted molar refractivity (Wildman–Crippen MR) is 74.7 cm³/mol. The fourth-order valence-corrected chi connectivity index (χ4v) is 3.07. The molecule has 1 aliphatic rings. The summed E-state index contributed by atoms with van der Waals surface area (Å²) in [5.41, 5.74) is 0. The van der Waals surface area contributed by atoms with Crippen LogP contribution in [0.2, 0.25) is 0 Å². The first-order valence-electron chi connectivity index (χ1n) is 6.26. The highest BCUT2D eigenvalue weighted by Gasteiger charge is 2.15. The summed E-state index contributed by atoms with van der Waals surface area (Å²) in [4.78, 5) is 8.67. The van der Waals surface area contributed by atoms with E-state index in [1.54, 1.807) is 12.4 Å². The Morgan fingerprint density at radius 2 is 2.18 bits per heavy atom. The Morgan fingerprint density at radius 3 is 2.88 bits per heavy atom. The van der Waals surface area contributed by atoms with Crippen molar-refractivity contribution in [3.05, 3.63) is 12.4 Å². The number of thioether (sulfide) groups is 1. The zero-order chi connectivity index (χ0) is 11.9. The molecule has 2 rings (SSSR count). The molecule has 94 valence electrons. The van der Waals surface area contributed by atoms with Gasteiger partial charge in [-0.2, -0.15) is 11.8 Å². The van der Waals surface area contributed by atoms with E-state index in [1.807, 2.05) is 11.8 Å². The summed E-state index contributed by atoms with van der Waals surface area (Å²) in [5.74, 6) is 5.10. The summed E-state index contributed by atoms with van der Waals surface area (Å²) in [7, 11) is 0. The van der Waals surface area contributed by atoms with Crippen LogP contribution >= 0.6 is 11.8 Å². The Hall–Kier alpha value is -0.970. The summed E-state index contributed by atoms with van der Waals surface area (Å²) in [6.45, 7) is 4.09. The molecule has 0 aromatic carbocycles. The summed E-state index contributed by atoms with van der Waals surface area (Å²) >= 11 is 2.04. The Morgan fingerprint density at radius 1 is 1.35 bits per heavy atom. The summed E-state index contributed by atoms with van der Waals surface area (Å²) in [6.07, 6.45) is 5.98. The standard InChI is InChI=1S/C12H20N4S/c1-2-4-14-11-7-13-8-12(16-11)15-6-10-3-5-17-9-10/h7-8,10H,2-6,9H2,1H3,(H2,14,15,16). The van der Waals surface area contributed by atoms with Gasteiger partial charge in [0.05, 0.1) is 12.4 Å². The van der Waals surface area contributed by atoms with Crippen molar-refractivity contribution in [3.8, 4) is 0 Å². The number of hydrogen-bond acceptors (Lipinski definition) is 5. The molecule has 0 spiro atoms. The number of nitrogens with zero attached hydrogens (tertiary/aromatic N) is 2. The number of anilines is 2. The lowest BCUT2D eigenvalue weighted by Gasteiger charge is -2.11. The molecular weight excluding hydrogens is 232 g/mol. The third-order valence-electron chi connectivity index (χ3n) is 2.79. The average Bonchev–Trinajstić information content (AvgIpc) is 2.87. The van der Waals surface area contributed by atoms with Gasteiger partial charge in [0.1, 0.15) is 11.6 Å². The van der Waals surface area contributed by atoms with Crippen LogP contribution in [0.25, 0.3) is 0 Å². The van der Waals surface area contributed by atoms with Crippen LogP contribution in [0.3, 0.4) is 0 Å². The number of hydrogen-bond donors (Lipinski definition) is 2. The van der Waals surface area contributed by atoms with E-state index in [4.69, 9.17) is 0 Å². The maximum absolute atomic E-state index is 4.48. The zero-order valence-corrected chi connectivity index (χ0v) is 11.1. The summed E-state index contributed by atoms with van der Waals surface area (Å²) in [6, 6.07) is 0. The summed E-state index contributed by atoms with van der Waals surface area (Å²) in [5, 5.41) is 6.62. The number of aromatic nitrogens is 2. The second kappa shape index (κ2) is 6.69. The normalized spacial score (nSPS) is 19.2. The molecule has 2 heterocycles.